The Morgan fingerprint density at radius 2 is 2.00 bits per heavy atom. The smallest absolute Gasteiger partial charge is 0.0972 e. The number of pyridine rings is 1. The van der Waals surface area contributed by atoms with E-state index in [9.17, 15) is 0 Å². The summed E-state index contributed by atoms with van der Waals surface area (Å²) in [6.45, 7) is 3.79. The Morgan fingerprint density at radius 1 is 1.35 bits per heavy atom. The zero-order chi connectivity index (χ0) is 14.5. The van der Waals surface area contributed by atoms with Crippen LogP contribution in [0.5, 0.6) is 0 Å². The highest BCUT2D eigenvalue weighted by molar-refractivity contribution is 5.17. The fourth-order valence-electron chi connectivity index (χ4n) is 2.95. The molecule has 1 aliphatic heterocycles. The van der Waals surface area contributed by atoms with Crippen LogP contribution in [0.15, 0.2) is 24.5 Å². The Hall–Kier alpha value is -1.01. The van der Waals surface area contributed by atoms with Crippen LogP contribution in [0.3, 0.4) is 0 Å². The predicted octanol–water partition coefficient (Wildman–Crippen LogP) is 1.21. The van der Waals surface area contributed by atoms with Crippen LogP contribution in [0.1, 0.15) is 24.9 Å². The van der Waals surface area contributed by atoms with Crippen LogP contribution in [0, 0.1) is 0 Å². The van der Waals surface area contributed by atoms with Crippen molar-refractivity contribution < 1.29 is 9.47 Å². The predicted molar refractivity (Wildman–Crippen MR) is 78.4 cm³/mol. The Balaban J connectivity index is 2.20. The average molecular weight is 279 g/mol. The lowest BCUT2D eigenvalue weighted by atomic mass is 9.98. The highest BCUT2D eigenvalue weighted by Crippen LogP contribution is 2.29. The number of hydrogen-bond acceptors (Lipinski definition) is 5. The van der Waals surface area contributed by atoms with Crippen LogP contribution < -0.4 is 5.73 Å². The van der Waals surface area contributed by atoms with Crippen molar-refractivity contribution >= 4 is 0 Å². The first-order chi connectivity index (χ1) is 9.71. The third-order valence-electron chi connectivity index (χ3n) is 4.15. The van der Waals surface area contributed by atoms with E-state index in [1.807, 2.05) is 12.3 Å². The van der Waals surface area contributed by atoms with E-state index in [0.29, 0.717) is 0 Å². The molecule has 0 spiro atoms. The van der Waals surface area contributed by atoms with Gasteiger partial charge >= 0.3 is 0 Å². The molecule has 20 heavy (non-hydrogen) atoms. The lowest BCUT2D eigenvalue weighted by Gasteiger charge is -2.32. The number of nitrogens with two attached hydrogens (primary N) is 1. The number of rotatable bonds is 6. The summed E-state index contributed by atoms with van der Waals surface area (Å²) >= 11 is 0. The van der Waals surface area contributed by atoms with E-state index in [4.69, 9.17) is 15.2 Å². The van der Waals surface area contributed by atoms with Crippen molar-refractivity contribution in [3.8, 4) is 0 Å². The molecule has 0 radical (unpaired) electrons. The second-order valence-electron chi connectivity index (χ2n) is 5.31. The fourth-order valence-corrected chi connectivity index (χ4v) is 2.95. The summed E-state index contributed by atoms with van der Waals surface area (Å²) in [4.78, 5) is 6.58. The van der Waals surface area contributed by atoms with E-state index in [1.54, 1.807) is 20.4 Å². The van der Waals surface area contributed by atoms with Gasteiger partial charge in [0.2, 0.25) is 0 Å². The largest absolute Gasteiger partial charge is 0.377 e. The molecule has 1 aromatic heterocycles. The molecule has 112 valence electrons. The molecule has 2 N–H and O–H groups in total. The molecule has 0 bridgehead atoms. The van der Waals surface area contributed by atoms with Gasteiger partial charge in [0.25, 0.3) is 0 Å². The Bertz CT molecular complexity index is 389. The first-order valence-electron chi connectivity index (χ1n) is 7.16. The van der Waals surface area contributed by atoms with Gasteiger partial charge in [-0.05, 0) is 18.1 Å². The summed E-state index contributed by atoms with van der Waals surface area (Å²) in [6, 6.07) is 4.29. The lowest BCUT2D eigenvalue weighted by Crippen LogP contribution is -2.40. The van der Waals surface area contributed by atoms with E-state index in [-0.39, 0.29) is 24.3 Å². The second-order valence-corrected chi connectivity index (χ2v) is 5.31. The van der Waals surface area contributed by atoms with E-state index >= 15 is 0 Å². The number of hydrogen-bond donors (Lipinski definition) is 1. The zero-order valence-corrected chi connectivity index (χ0v) is 12.5. The molecule has 0 saturated carbocycles. The highest BCUT2D eigenvalue weighted by atomic mass is 16.5. The van der Waals surface area contributed by atoms with Crippen LogP contribution >= 0.6 is 0 Å². The minimum Gasteiger partial charge on any atom is -0.377 e. The molecular weight excluding hydrogens is 254 g/mol. The van der Waals surface area contributed by atoms with E-state index in [0.717, 1.165) is 25.1 Å². The normalized spacial score (nSPS) is 26.6. The molecular formula is C15H25N3O2. The molecule has 2 rings (SSSR count). The van der Waals surface area contributed by atoms with Gasteiger partial charge in [-0.25, -0.2) is 0 Å². The van der Waals surface area contributed by atoms with Crippen molar-refractivity contribution in [3.05, 3.63) is 30.1 Å². The van der Waals surface area contributed by atoms with Crippen molar-refractivity contribution in [2.24, 2.45) is 5.73 Å². The minimum atomic E-state index is 0.0762. The SMILES string of the molecule is CCC(N)C(c1cccnc1)N1CC(OC)C(OC)C1. The zero-order valence-electron chi connectivity index (χ0n) is 12.5. The number of ether oxygens (including phenoxy) is 2. The summed E-state index contributed by atoms with van der Waals surface area (Å²) in [6.07, 6.45) is 4.82. The van der Waals surface area contributed by atoms with E-state index in [2.05, 4.69) is 22.9 Å². The maximum atomic E-state index is 6.35. The number of methoxy groups -OCH3 is 2. The van der Waals surface area contributed by atoms with Gasteiger partial charge in [-0.15, -0.1) is 0 Å². The third-order valence-corrected chi connectivity index (χ3v) is 4.15. The Kier molecular flexibility index (Phi) is 5.48. The van der Waals surface area contributed by atoms with Gasteiger partial charge in [0, 0.05) is 45.7 Å². The molecule has 1 aliphatic rings. The summed E-state index contributed by atoms with van der Waals surface area (Å²) in [5, 5.41) is 0. The second kappa shape index (κ2) is 7.13. The Labute approximate surface area is 121 Å². The van der Waals surface area contributed by atoms with E-state index in [1.165, 1.54) is 0 Å². The molecule has 1 aromatic rings. The van der Waals surface area contributed by atoms with Crippen molar-refractivity contribution in [1.29, 1.82) is 0 Å². The van der Waals surface area contributed by atoms with Gasteiger partial charge in [-0.3, -0.25) is 9.88 Å². The van der Waals surface area contributed by atoms with Crippen LogP contribution in [-0.4, -0.2) is 55.4 Å². The molecule has 5 heteroatoms. The molecule has 1 saturated heterocycles. The van der Waals surface area contributed by atoms with Gasteiger partial charge in [-0.2, -0.15) is 0 Å². The molecule has 4 unspecified atom stereocenters. The minimum absolute atomic E-state index is 0.0762. The van der Waals surface area contributed by atoms with Crippen LogP contribution in [0.4, 0.5) is 0 Å². The molecule has 2 heterocycles. The Morgan fingerprint density at radius 3 is 2.45 bits per heavy atom. The van der Waals surface area contributed by atoms with Crippen LogP contribution in [0.25, 0.3) is 0 Å². The summed E-state index contributed by atoms with van der Waals surface area (Å²) in [5.74, 6) is 0. The third kappa shape index (κ3) is 3.17. The summed E-state index contributed by atoms with van der Waals surface area (Å²) in [5.41, 5.74) is 7.51. The molecule has 4 atom stereocenters. The van der Waals surface area contributed by atoms with Gasteiger partial charge in [0.15, 0.2) is 0 Å². The van der Waals surface area contributed by atoms with Crippen LogP contribution in [0.2, 0.25) is 0 Å². The van der Waals surface area contributed by atoms with Crippen LogP contribution in [-0.2, 0) is 9.47 Å². The first-order valence-corrected chi connectivity index (χ1v) is 7.16. The topological polar surface area (TPSA) is 60.6 Å². The van der Waals surface area contributed by atoms with Crippen molar-refractivity contribution in [1.82, 2.24) is 9.88 Å². The van der Waals surface area contributed by atoms with Crippen molar-refractivity contribution in [3.63, 3.8) is 0 Å². The quantitative estimate of drug-likeness (QED) is 0.848. The summed E-state index contributed by atoms with van der Waals surface area (Å²) in [7, 11) is 3.47. The van der Waals surface area contributed by atoms with Gasteiger partial charge in [-0.1, -0.05) is 13.0 Å². The average Bonchev–Trinajstić information content (AvgIpc) is 2.91. The monoisotopic (exact) mass is 279 g/mol. The first kappa shape index (κ1) is 15.4. The maximum Gasteiger partial charge on any atom is 0.0972 e. The van der Waals surface area contributed by atoms with Gasteiger partial charge in [0.05, 0.1) is 18.2 Å². The van der Waals surface area contributed by atoms with Crippen molar-refractivity contribution in [2.45, 2.75) is 37.6 Å². The molecule has 5 nitrogen and oxygen atoms in total. The fraction of sp³-hybridized carbons (Fsp3) is 0.667. The molecule has 1 fully saturated rings. The number of nitrogens with zero attached hydrogens (tertiary/aromatic N) is 2. The molecule has 0 amide bonds. The number of aromatic nitrogens is 1. The summed E-state index contributed by atoms with van der Waals surface area (Å²) < 4.78 is 11.0. The van der Waals surface area contributed by atoms with Gasteiger partial charge < -0.3 is 15.2 Å². The molecule has 0 aliphatic carbocycles. The standard InChI is InChI=1S/C15H25N3O2/c1-4-12(16)15(11-6-5-7-17-8-11)18-9-13(19-2)14(10-18)20-3/h5-8,12-15H,4,9-10,16H2,1-3H3. The number of likely N-dealkylation sites (tertiary alicyclic amines) is 1. The van der Waals surface area contributed by atoms with E-state index < -0.39 is 0 Å². The van der Waals surface area contributed by atoms with Gasteiger partial charge in [0.1, 0.15) is 0 Å². The maximum absolute atomic E-state index is 6.35. The lowest BCUT2D eigenvalue weighted by molar-refractivity contribution is -0.00461. The molecule has 0 aromatic carbocycles. The highest BCUT2D eigenvalue weighted by Gasteiger charge is 2.38. The van der Waals surface area contributed by atoms with Crippen molar-refractivity contribution in [2.75, 3.05) is 27.3 Å².